The first-order valence-electron chi connectivity index (χ1n) is 4.58. The Kier molecular flexibility index (Phi) is 2.23. The second-order valence-electron chi connectivity index (χ2n) is 3.49. The summed E-state index contributed by atoms with van der Waals surface area (Å²) < 4.78 is 5.42. The van der Waals surface area contributed by atoms with Crippen LogP contribution < -0.4 is 10.5 Å². The van der Waals surface area contributed by atoms with Gasteiger partial charge in [-0.15, -0.1) is 0 Å². The molecule has 1 aliphatic rings. The van der Waals surface area contributed by atoms with Gasteiger partial charge in [-0.25, -0.2) is 4.98 Å². The molecule has 2 N–H and O–H groups in total. The lowest BCUT2D eigenvalue weighted by Gasteiger charge is -2.05. The second-order valence-corrected chi connectivity index (χ2v) is 3.49. The summed E-state index contributed by atoms with van der Waals surface area (Å²) in [4.78, 5) is 3.98. The van der Waals surface area contributed by atoms with Gasteiger partial charge in [0.05, 0.1) is 18.5 Å². The van der Waals surface area contributed by atoms with E-state index in [9.17, 15) is 0 Å². The maximum absolute atomic E-state index is 8.80. The molecule has 0 aliphatic heterocycles. The van der Waals surface area contributed by atoms with Crippen LogP contribution in [-0.2, 0) is 0 Å². The Labute approximate surface area is 82.3 Å². The zero-order valence-electron chi connectivity index (χ0n) is 7.73. The Morgan fingerprint density at radius 1 is 1.64 bits per heavy atom. The van der Waals surface area contributed by atoms with Crippen LogP contribution in [0.2, 0.25) is 0 Å². The van der Waals surface area contributed by atoms with Crippen molar-refractivity contribution in [1.29, 1.82) is 5.26 Å². The SMILES string of the molecule is N#Cc1cc(N)cnc1OCC1CC1. The predicted octanol–water partition coefficient (Wildman–Crippen LogP) is 1.32. The van der Waals surface area contributed by atoms with Crippen molar-refractivity contribution in [2.75, 3.05) is 12.3 Å². The molecule has 0 saturated heterocycles. The Morgan fingerprint density at radius 2 is 2.43 bits per heavy atom. The highest BCUT2D eigenvalue weighted by atomic mass is 16.5. The van der Waals surface area contributed by atoms with Crippen molar-refractivity contribution < 1.29 is 4.74 Å². The third-order valence-electron chi connectivity index (χ3n) is 2.15. The van der Waals surface area contributed by atoms with E-state index in [1.807, 2.05) is 6.07 Å². The zero-order chi connectivity index (χ0) is 9.97. The van der Waals surface area contributed by atoms with Gasteiger partial charge in [0.15, 0.2) is 0 Å². The van der Waals surface area contributed by atoms with Crippen molar-refractivity contribution in [3.63, 3.8) is 0 Å². The normalized spacial score (nSPS) is 14.8. The first-order chi connectivity index (χ1) is 6.79. The molecule has 0 radical (unpaired) electrons. The molecule has 0 spiro atoms. The van der Waals surface area contributed by atoms with Gasteiger partial charge >= 0.3 is 0 Å². The van der Waals surface area contributed by atoms with Gasteiger partial charge in [0, 0.05) is 0 Å². The molecule has 1 heterocycles. The molecule has 1 fully saturated rings. The largest absolute Gasteiger partial charge is 0.476 e. The molecule has 4 nitrogen and oxygen atoms in total. The number of aromatic nitrogens is 1. The molecule has 0 aromatic carbocycles. The maximum Gasteiger partial charge on any atom is 0.231 e. The van der Waals surface area contributed by atoms with Crippen molar-refractivity contribution >= 4 is 5.69 Å². The second kappa shape index (κ2) is 3.54. The molecule has 1 saturated carbocycles. The third-order valence-corrected chi connectivity index (χ3v) is 2.15. The highest BCUT2D eigenvalue weighted by Gasteiger charge is 2.22. The number of ether oxygens (including phenoxy) is 1. The molecule has 14 heavy (non-hydrogen) atoms. The van der Waals surface area contributed by atoms with Crippen LogP contribution in [0.4, 0.5) is 5.69 Å². The molecular weight excluding hydrogens is 178 g/mol. The van der Waals surface area contributed by atoms with Gasteiger partial charge in [0.1, 0.15) is 11.6 Å². The van der Waals surface area contributed by atoms with Crippen LogP contribution in [0.25, 0.3) is 0 Å². The standard InChI is InChI=1S/C10H11N3O/c11-4-8-3-9(12)5-13-10(8)14-6-7-1-2-7/h3,5,7H,1-2,6,12H2. The minimum Gasteiger partial charge on any atom is -0.476 e. The summed E-state index contributed by atoms with van der Waals surface area (Å²) >= 11 is 0. The molecular formula is C10H11N3O. The molecule has 72 valence electrons. The number of nitrogen functional groups attached to an aromatic ring is 1. The fourth-order valence-electron chi connectivity index (χ4n) is 1.14. The summed E-state index contributed by atoms with van der Waals surface area (Å²) in [6, 6.07) is 3.59. The van der Waals surface area contributed by atoms with Gasteiger partial charge in [-0.2, -0.15) is 5.26 Å². The van der Waals surface area contributed by atoms with Gasteiger partial charge in [-0.3, -0.25) is 0 Å². The van der Waals surface area contributed by atoms with Crippen LogP contribution in [0.5, 0.6) is 5.88 Å². The monoisotopic (exact) mass is 189 g/mol. The average molecular weight is 189 g/mol. The molecule has 0 atom stereocenters. The fourth-order valence-corrected chi connectivity index (χ4v) is 1.14. The van der Waals surface area contributed by atoms with E-state index in [1.54, 1.807) is 6.07 Å². The van der Waals surface area contributed by atoms with Crippen molar-refractivity contribution in [3.05, 3.63) is 17.8 Å². The van der Waals surface area contributed by atoms with Crippen molar-refractivity contribution in [2.24, 2.45) is 5.92 Å². The van der Waals surface area contributed by atoms with E-state index >= 15 is 0 Å². The summed E-state index contributed by atoms with van der Waals surface area (Å²) in [6.07, 6.45) is 3.94. The van der Waals surface area contributed by atoms with Crippen LogP contribution in [0.1, 0.15) is 18.4 Å². The van der Waals surface area contributed by atoms with E-state index < -0.39 is 0 Å². The van der Waals surface area contributed by atoms with E-state index in [-0.39, 0.29) is 0 Å². The number of nitrogens with zero attached hydrogens (tertiary/aromatic N) is 2. The number of anilines is 1. The van der Waals surface area contributed by atoms with Crippen molar-refractivity contribution in [2.45, 2.75) is 12.8 Å². The van der Waals surface area contributed by atoms with Crippen LogP contribution >= 0.6 is 0 Å². The highest BCUT2D eigenvalue weighted by Crippen LogP contribution is 2.29. The van der Waals surface area contributed by atoms with Gasteiger partial charge < -0.3 is 10.5 Å². The smallest absolute Gasteiger partial charge is 0.231 e. The number of nitriles is 1. The quantitative estimate of drug-likeness (QED) is 0.778. The molecule has 1 aromatic rings. The summed E-state index contributed by atoms with van der Waals surface area (Å²) in [6.45, 7) is 0.658. The number of hydrogen-bond acceptors (Lipinski definition) is 4. The maximum atomic E-state index is 8.80. The number of nitrogens with two attached hydrogens (primary N) is 1. The summed E-state index contributed by atoms with van der Waals surface area (Å²) in [5.41, 5.74) is 6.40. The van der Waals surface area contributed by atoms with Crippen LogP contribution in [0.15, 0.2) is 12.3 Å². The van der Waals surface area contributed by atoms with Gasteiger partial charge in [-0.1, -0.05) is 0 Å². The van der Waals surface area contributed by atoms with E-state index in [0.29, 0.717) is 29.7 Å². The fraction of sp³-hybridized carbons (Fsp3) is 0.400. The lowest BCUT2D eigenvalue weighted by atomic mass is 10.3. The minimum atomic E-state index is 0.397. The lowest BCUT2D eigenvalue weighted by molar-refractivity contribution is 0.287. The Balaban J connectivity index is 2.10. The molecule has 0 bridgehead atoms. The first-order valence-corrected chi connectivity index (χ1v) is 4.58. The summed E-state index contributed by atoms with van der Waals surface area (Å²) in [5, 5.41) is 8.80. The zero-order valence-corrected chi connectivity index (χ0v) is 7.73. The van der Waals surface area contributed by atoms with E-state index in [1.165, 1.54) is 19.0 Å². The Morgan fingerprint density at radius 3 is 3.07 bits per heavy atom. The number of pyridine rings is 1. The lowest BCUT2D eigenvalue weighted by Crippen LogP contribution is -2.03. The Bertz CT molecular complexity index is 379. The van der Waals surface area contributed by atoms with Crippen LogP contribution in [0, 0.1) is 17.2 Å². The number of hydrogen-bond donors (Lipinski definition) is 1. The molecule has 2 rings (SSSR count). The van der Waals surface area contributed by atoms with E-state index in [0.717, 1.165) is 0 Å². The molecule has 1 aliphatic carbocycles. The summed E-state index contributed by atoms with van der Waals surface area (Å²) in [7, 11) is 0. The average Bonchev–Trinajstić information content (AvgIpc) is 2.99. The van der Waals surface area contributed by atoms with Gasteiger partial charge in [0.2, 0.25) is 5.88 Å². The van der Waals surface area contributed by atoms with Crippen molar-refractivity contribution in [1.82, 2.24) is 4.98 Å². The first kappa shape index (κ1) is 8.82. The minimum absolute atomic E-state index is 0.397. The number of rotatable bonds is 3. The summed E-state index contributed by atoms with van der Waals surface area (Å²) in [5.74, 6) is 1.05. The van der Waals surface area contributed by atoms with Gasteiger partial charge in [0.25, 0.3) is 0 Å². The molecule has 0 amide bonds. The van der Waals surface area contributed by atoms with E-state index in [4.69, 9.17) is 15.7 Å². The topological polar surface area (TPSA) is 71.9 Å². The van der Waals surface area contributed by atoms with Crippen LogP contribution in [0.3, 0.4) is 0 Å². The van der Waals surface area contributed by atoms with E-state index in [2.05, 4.69) is 4.98 Å². The predicted molar refractivity (Wildman–Crippen MR) is 51.6 cm³/mol. The molecule has 0 unspecified atom stereocenters. The molecule has 1 aromatic heterocycles. The highest BCUT2D eigenvalue weighted by molar-refractivity contribution is 5.48. The van der Waals surface area contributed by atoms with Gasteiger partial charge in [-0.05, 0) is 24.8 Å². The van der Waals surface area contributed by atoms with Crippen molar-refractivity contribution in [3.8, 4) is 11.9 Å². The third kappa shape index (κ3) is 1.94. The molecule has 4 heteroatoms. The van der Waals surface area contributed by atoms with Crippen LogP contribution in [-0.4, -0.2) is 11.6 Å². The Hall–Kier alpha value is -1.76.